The molecule has 5 rings (SSSR count). The van der Waals surface area contributed by atoms with Crippen LogP contribution in [0.5, 0.6) is 0 Å². The molecular weight excluding hydrogens is 454 g/mol. The largest absolute Gasteiger partial charge is 0.339 e. The first-order valence-corrected chi connectivity index (χ1v) is 12.9. The van der Waals surface area contributed by atoms with Crippen LogP contribution >= 0.6 is 0 Å². The third-order valence-electron chi connectivity index (χ3n) is 8.52. The molecule has 1 saturated carbocycles. The predicted octanol–water partition coefficient (Wildman–Crippen LogP) is 2.75. The van der Waals surface area contributed by atoms with E-state index in [1.807, 2.05) is 16.7 Å². The summed E-state index contributed by atoms with van der Waals surface area (Å²) in [5.41, 5.74) is 2.65. The molecule has 2 saturated heterocycles. The number of amides is 3. The Hall–Kier alpha value is -3.20. The van der Waals surface area contributed by atoms with Gasteiger partial charge >= 0.3 is 6.03 Å². The molecule has 3 amide bonds. The monoisotopic (exact) mass is 491 g/mol. The number of anilines is 2. The van der Waals surface area contributed by atoms with Crippen molar-refractivity contribution in [2.45, 2.75) is 50.6 Å². The third kappa shape index (κ3) is 4.30. The molecule has 1 aromatic heterocycles. The molecule has 0 atom stereocenters. The molecule has 0 bridgehead atoms. The predicted molar refractivity (Wildman–Crippen MR) is 140 cm³/mol. The van der Waals surface area contributed by atoms with Crippen LogP contribution in [0.2, 0.25) is 0 Å². The van der Waals surface area contributed by atoms with Crippen molar-refractivity contribution >= 4 is 23.6 Å². The minimum Gasteiger partial charge on any atom is -0.339 e. The van der Waals surface area contributed by atoms with Gasteiger partial charge in [-0.05, 0) is 52.3 Å². The Balaban J connectivity index is 1.29. The van der Waals surface area contributed by atoms with Crippen molar-refractivity contribution < 1.29 is 9.59 Å². The summed E-state index contributed by atoms with van der Waals surface area (Å²) in [6, 6.07) is 10.7. The van der Waals surface area contributed by atoms with Crippen molar-refractivity contribution in [1.82, 2.24) is 25.1 Å². The fraction of sp³-hybridized carbons (Fsp3) is 0.556. The zero-order valence-corrected chi connectivity index (χ0v) is 21.8. The molecule has 192 valence electrons. The minimum atomic E-state index is -0.237. The lowest BCUT2D eigenvalue weighted by molar-refractivity contribution is -0.129. The quantitative estimate of drug-likeness (QED) is 0.708. The number of nitrogens with zero attached hydrogens (tertiary/aromatic N) is 6. The smallest absolute Gasteiger partial charge is 0.322 e. The van der Waals surface area contributed by atoms with E-state index in [4.69, 9.17) is 4.98 Å². The molecule has 2 aliphatic heterocycles. The molecule has 1 aliphatic carbocycles. The number of urea groups is 1. The van der Waals surface area contributed by atoms with Crippen molar-refractivity contribution in [3.8, 4) is 0 Å². The summed E-state index contributed by atoms with van der Waals surface area (Å²) >= 11 is 0. The zero-order chi connectivity index (χ0) is 25.5. The molecule has 9 nitrogen and oxygen atoms in total. The van der Waals surface area contributed by atoms with Gasteiger partial charge in [-0.15, -0.1) is 0 Å². The van der Waals surface area contributed by atoms with Crippen LogP contribution in [-0.2, 0) is 10.3 Å². The molecule has 1 N–H and O–H groups in total. The van der Waals surface area contributed by atoms with Gasteiger partial charge in [-0.3, -0.25) is 14.6 Å². The second-order valence-corrected chi connectivity index (χ2v) is 10.7. The molecule has 1 spiro atoms. The molecule has 1 aromatic carbocycles. The summed E-state index contributed by atoms with van der Waals surface area (Å²) in [4.78, 5) is 42.2. The highest BCUT2D eigenvalue weighted by molar-refractivity contribution is 5.95. The Labute approximate surface area is 213 Å². The Kier molecular flexibility index (Phi) is 6.36. The highest BCUT2D eigenvalue weighted by Gasteiger charge is 2.50. The van der Waals surface area contributed by atoms with Crippen LogP contribution in [0.3, 0.4) is 0 Å². The van der Waals surface area contributed by atoms with Crippen LogP contribution < -0.4 is 15.1 Å². The van der Waals surface area contributed by atoms with Crippen molar-refractivity contribution in [3.63, 3.8) is 0 Å². The van der Waals surface area contributed by atoms with Crippen LogP contribution in [0, 0.1) is 6.92 Å². The number of nitrogens with one attached hydrogen (secondary N) is 1. The topological polar surface area (TPSA) is 84.9 Å². The summed E-state index contributed by atoms with van der Waals surface area (Å²) in [6.45, 7) is 6.94. The van der Waals surface area contributed by atoms with E-state index in [-0.39, 0.29) is 23.0 Å². The van der Waals surface area contributed by atoms with Gasteiger partial charge in [0.15, 0.2) is 0 Å². The molecule has 9 heteroatoms. The number of carbonyl (C=O) groups excluding carboxylic acids is 2. The highest BCUT2D eigenvalue weighted by Crippen LogP contribution is 2.46. The molecule has 3 aliphatic rings. The molecule has 3 heterocycles. The van der Waals surface area contributed by atoms with Crippen LogP contribution in [0.1, 0.15) is 43.9 Å². The summed E-state index contributed by atoms with van der Waals surface area (Å²) in [7, 11) is 4.32. The van der Waals surface area contributed by atoms with Crippen molar-refractivity contribution in [3.05, 3.63) is 47.8 Å². The van der Waals surface area contributed by atoms with Gasteiger partial charge in [0, 0.05) is 38.6 Å². The first-order valence-electron chi connectivity index (χ1n) is 12.9. The first-order chi connectivity index (χ1) is 17.2. The Morgan fingerprint density at radius 3 is 2.28 bits per heavy atom. The van der Waals surface area contributed by atoms with Gasteiger partial charge in [-0.2, -0.15) is 0 Å². The van der Waals surface area contributed by atoms with Crippen molar-refractivity contribution in [1.29, 1.82) is 0 Å². The van der Waals surface area contributed by atoms with Gasteiger partial charge in [-0.25, -0.2) is 14.8 Å². The fourth-order valence-electron chi connectivity index (χ4n) is 6.16. The Morgan fingerprint density at radius 1 is 1.03 bits per heavy atom. The Morgan fingerprint density at radius 2 is 1.69 bits per heavy atom. The van der Waals surface area contributed by atoms with Crippen molar-refractivity contribution in [2.24, 2.45) is 0 Å². The van der Waals surface area contributed by atoms with Gasteiger partial charge in [-0.1, -0.05) is 30.3 Å². The second kappa shape index (κ2) is 9.35. The molecule has 0 unspecified atom stereocenters. The third-order valence-corrected chi connectivity index (χ3v) is 8.52. The molecule has 3 fully saturated rings. The van der Waals surface area contributed by atoms with E-state index in [2.05, 4.69) is 64.5 Å². The summed E-state index contributed by atoms with van der Waals surface area (Å²) in [6.07, 6.45) is 5.59. The lowest BCUT2D eigenvalue weighted by atomic mass is 9.69. The van der Waals surface area contributed by atoms with E-state index in [1.165, 1.54) is 5.56 Å². The summed E-state index contributed by atoms with van der Waals surface area (Å²) in [5.74, 6) is 0.760. The highest BCUT2D eigenvalue weighted by atomic mass is 16.2. The number of rotatable bonds is 4. The number of aromatic nitrogens is 2. The number of carbonyl (C=O) groups is 2. The van der Waals surface area contributed by atoms with Gasteiger partial charge in [0.25, 0.3) is 0 Å². The maximum atomic E-state index is 13.2. The fourth-order valence-corrected chi connectivity index (χ4v) is 6.16. The lowest BCUT2D eigenvalue weighted by Gasteiger charge is -2.48. The van der Waals surface area contributed by atoms with Crippen molar-refractivity contribution in [2.75, 3.05) is 56.6 Å². The minimum absolute atomic E-state index is 0.0161. The maximum absolute atomic E-state index is 13.2. The summed E-state index contributed by atoms with van der Waals surface area (Å²) in [5, 5.41) is 3.33. The average Bonchev–Trinajstić information content (AvgIpc) is 3.20. The molecule has 36 heavy (non-hydrogen) atoms. The van der Waals surface area contributed by atoms with E-state index in [0.29, 0.717) is 38.7 Å². The van der Waals surface area contributed by atoms with Gasteiger partial charge in [0.1, 0.15) is 0 Å². The van der Waals surface area contributed by atoms with E-state index >= 15 is 0 Å². The van der Waals surface area contributed by atoms with Crippen LogP contribution in [0.25, 0.3) is 0 Å². The number of aryl methyl sites for hydroxylation is 1. The van der Waals surface area contributed by atoms with Gasteiger partial charge < -0.3 is 15.1 Å². The first kappa shape index (κ1) is 24.5. The molecule has 0 radical (unpaired) electrons. The molecule has 2 aromatic rings. The van der Waals surface area contributed by atoms with Crippen LogP contribution in [0.4, 0.5) is 16.4 Å². The zero-order valence-electron chi connectivity index (χ0n) is 21.8. The second-order valence-electron chi connectivity index (χ2n) is 10.7. The van der Waals surface area contributed by atoms with Crippen LogP contribution in [-0.4, -0.2) is 84.1 Å². The van der Waals surface area contributed by atoms with E-state index in [1.54, 1.807) is 13.1 Å². The maximum Gasteiger partial charge on any atom is 0.322 e. The van der Waals surface area contributed by atoms with E-state index in [9.17, 15) is 9.59 Å². The van der Waals surface area contributed by atoms with E-state index in [0.717, 1.165) is 37.1 Å². The van der Waals surface area contributed by atoms with Gasteiger partial charge in [0.2, 0.25) is 11.9 Å². The number of hydrogen-bond acceptors (Lipinski definition) is 6. The lowest BCUT2D eigenvalue weighted by Crippen LogP contribution is -2.54. The number of hydrogen-bond donors (Lipinski definition) is 1. The summed E-state index contributed by atoms with van der Waals surface area (Å²) < 4.78 is 0. The standard InChI is InChI=1S/C27H37N7O2/c1-20-23(18-28-24(29-20)33-16-14-32(15-17-33)21(2)35)34-19-26(30-25(34)36)10-12-27(13-11-26,31(3)4)22-8-6-5-7-9-22/h5-9,18H,10-17,19H2,1-4H3,(H,30,36)/t26-,27-. The van der Waals surface area contributed by atoms with Gasteiger partial charge in [0.05, 0.1) is 29.7 Å². The number of piperazine rings is 1. The van der Waals surface area contributed by atoms with Crippen LogP contribution in [0.15, 0.2) is 36.5 Å². The molecular formula is C27H37N7O2. The average molecular weight is 492 g/mol. The Bertz CT molecular complexity index is 1120. The SMILES string of the molecule is CC(=O)N1CCN(c2ncc(N3C[C@]4(CC[C@@](c5ccccc5)(N(C)C)CC4)NC3=O)c(C)n2)CC1. The van der Waals surface area contributed by atoms with E-state index < -0.39 is 0 Å². The number of benzene rings is 1. The normalized spacial score (nSPS) is 26.6.